The standard InChI is InChI=1S/C8H11ClF2N2O.ClH/c1-5(9)3-12-7(14)6-2-8(10,11)4-13-6;/h6,13H,1-4H2,(H,12,14);1H. The van der Waals surface area contributed by atoms with Gasteiger partial charge in [0.2, 0.25) is 5.91 Å². The second-order valence-electron chi connectivity index (χ2n) is 3.23. The first-order valence-electron chi connectivity index (χ1n) is 4.13. The molecular formula is C8H12Cl2F2N2O. The molecule has 1 fully saturated rings. The Bertz CT molecular complexity index is 261. The summed E-state index contributed by atoms with van der Waals surface area (Å²) in [5, 5.41) is 5.10. The molecule has 88 valence electrons. The van der Waals surface area contributed by atoms with Gasteiger partial charge in [-0.25, -0.2) is 8.78 Å². The quantitative estimate of drug-likeness (QED) is 0.803. The molecule has 1 aliphatic heterocycles. The number of rotatable bonds is 3. The molecule has 0 bridgehead atoms. The van der Waals surface area contributed by atoms with E-state index in [1.807, 2.05) is 0 Å². The van der Waals surface area contributed by atoms with Crippen LogP contribution in [0.25, 0.3) is 0 Å². The molecule has 1 rings (SSSR count). The fourth-order valence-electron chi connectivity index (χ4n) is 1.21. The highest BCUT2D eigenvalue weighted by molar-refractivity contribution is 6.29. The maximum Gasteiger partial charge on any atom is 0.262 e. The van der Waals surface area contributed by atoms with Gasteiger partial charge in [-0.1, -0.05) is 18.2 Å². The normalized spacial score (nSPS) is 23.0. The average molecular weight is 261 g/mol. The zero-order valence-electron chi connectivity index (χ0n) is 7.86. The molecule has 7 heteroatoms. The van der Waals surface area contributed by atoms with E-state index in [1.54, 1.807) is 0 Å². The predicted molar refractivity (Wildman–Crippen MR) is 56.6 cm³/mol. The molecule has 0 aromatic heterocycles. The largest absolute Gasteiger partial charge is 0.350 e. The van der Waals surface area contributed by atoms with E-state index in [0.29, 0.717) is 0 Å². The molecule has 2 N–H and O–H groups in total. The Balaban J connectivity index is 0.00000196. The number of alkyl halides is 2. The first-order chi connectivity index (χ1) is 6.41. The Morgan fingerprint density at radius 3 is 2.67 bits per heavy atom. The van der Waals surface area contributed by atoms with Crippen molar-refractivity contribution in [1.82, 2.24) is 10.6 Å². The van der Waals surface area contributed by atoms with Crippen molar-refractivity contribution < 1.29 is 13.6 Å². The summed E-state index contributed by atoms with van der Waals surface area (Å²) in [5.74, 6) is -3.26. The Morgan fingerprint density at radius 2 is 2.27 bits per heavy atom. The lowest BCUT2D eigenvalue weighted by Crippen LogP contribution is -2.40. The van der Waals surface area contributed by atoms with Crippen LogP contribution in [0, 0.1) is 0 Å². The van der Waals surface area contributed by atoms with E-state index >= 15 is 0 Å². The molecule has 0 spiro atoms. The van der Waals surface area contributed by atoms with Crippen molar-refractivity contribution >= 4 is 29.9 Å². The van der Waals surface area contributed by atoms with E-state index < -0.39 is 30.8 Å². The van der Waals surface area contributed by atoms with Gasteiger partial charge in [0, 0.05) is 11.5 Å². The minimum absolute atomic E-state index is 0. The molecule has 1 heterocycles. The van der Waals surface area contributed by atoms with E-state index in [-0.39, 0.29) is 24.0 Å². The van der Waals surface area contributed by atoms with Crippen LogP contribution in [0.1, 0.15) is 6.42 Å². The van der Waals surface area contributed by atoms with Crippen LogP contribution in [0.4, 0.5) is 8.78 Å². The second kappa shape index (κ2) is 5.63. The highest BCUT2D eigenvalue weighted by Crippen LogP contribution is 2.24. The smallest absolute Gasteiger partial charge is 0.262 e. The van der Waals surface area contributed by atoms with Crippen molar-refractivity contribution in [2.75, 3.05) is 13.1 Å². The van der Waals surface area contributed by atoms with Crippen molar-refractivity contribution in [2.24, 2.45) is 0 Å². The maximum atomic E-state index is 12.7. The Morgan fingerprint density at radius 1 is 1.67 bits per heavy atom. The summed E-state index contributed by atoms with van der Waals surface area (Å²) in [7, 11) is 0. The monoisotopic (exact) mass is 260 g/mol. The van der Waals surface area contributed by atoms with Gasteiger partial charge in [0.05, 0.1) is 19.1 Å². The molecule has 3 nitrogen and oxygen atoms in total. The Kier molecular flexibility index (Phi) is 5.48. The number of amides is 1. The number of hydrogen-bond donors (Lipinski definition) is 2. The van der Waals surface area contributed by atoms with Crippen LogP contribution < -0.4 is 10.6 Å². The van der Waals surface area contributed by atoms with Crippen molar-refractivity contribution in [3.8, 4) is 0 Å². The number of nitrogens with one attached hydrogen (secondary N) is 2. The Labute approximate surface area is 97.6 Å². The summed E-state index contributed by atoms with van der Waals surface area (Å²) in [5.41, 5.74) is 0. The van der Waals surface area contributed by atoms with Crippen LogP contribution in [0.2, 0.25) is 0 Å². The minimum atomic E-state index is -2.79. The molecular weight excluding hydrogens is 249 g/mol. The van der Waals surface area contributed by atoms with E-state index in [0.717, 1.165) is 0 Å². The SMILES string of the molecule is C=C(Cl)CNC(=O)C1CC(F)(F)CN1.Cl. The van der Waals surface area contributed by atoms with Gasteiger partial charge in [-0.05, 0) is 0 Å². The minimum Gasteiger partial charge on any atom is -0.350 e. The summed E-state index contributed by atoms with van der Waals surface area (Å²) in [6.45, 7) is 3.01. The van der Waals surface area contributed by atoms with Crippen molar-refractivity contribution in [3.63, 3.8) is 0 Å². The summed E-state index contributed by atoms with van der Waals surface area (Å²) in [4.78, 5) is 11.2. The number of carbonyl (C=O) groups is 1. The van der Waals surface area contributed by atoms with Crippen molar-refractivity contribution in [2.45, 2.75) is 18.4 Å². The summed E-state index contributed by atoms with van der Waals surface area (Å²) >= 11 is 5.41. The van der Waals surface area contributed by atoms with E-state index in [9.17, 15) is 13.6 Å². The lowest BCUT2D eigenvalue weighted by Gasteiger charge is -2.10. The van der Waals surface area contributed by atoms with Crippen LogP contribution in [0.15, 0.2) is 11.6 Å². The highest BCUT2D eigenvalue weighted by atomic mass is 35.5. The molecule has 1 unspecified atom stereocenters. The van der Waals surface area contributed by atoms with Gasteiger partial charge in [0.15, 0.2) is 0 Å². The molecule has 1 amide bonds. The molecule has 0 aromatic rings. The zero-order chi connectivity index (χ0) is 10.8. The molecule has 0 saturated carbocycles. The van der Waals surface area contributed by atoms with Gasteiger partial charge < -0.3 is 5.32 Å². The van der Waals surface area contributed by atoms with Gasteiger partial charge in [-0.3, -0.25) is 10.1 Å². The van der Waals surface area contributed by atoms with Crippen LogP contribution in [0.5, 0.6) is 0 Å². The number of halogens is 4. The molecule has 0 aromatic carbocycles. The van der Waals surface area contributed by atoms with Gasteiger partial charge in [-0.2, -0.15) is 0 Å². The molecule has 1 aliphatic rings. The molecule has 15 heavy (non-hydrogen) atoms. The molecule has 0 radical (unpaired) electrons. The van der Waals surface area contributed by atoms with Gasteiger partial charge in [-0.15, -0.1) is 12.4 Å². The summed E-state index contributed by atoms with van der Waals surface area (Å²) in [6.07, 6.45) is -0.465. The van der Waals surface area contributed by atoms with Gasteiger partial charge in [0.25, 0.3) is 5.92 Å². The summed E-state index contributed by atoms with van der Waals surface area (Å²) < 4.78 is 25.3. The van der Waals surface area contributed by atoms with Crippen molar-refractivity contribution in [3.05, 3.63) is 11.6 Å². The maximum absolute atomic E-state index is 12.7. The van der Waals surface area contributed by atoms with Crippen LogP contribution in [-0.4, -0.2) is 31.0 Å². The lowest BCUT2D eigenvalue weighted by atomic mass is 10.2. The zero-order valence-corrected chi connectivity index (χ0v) is 9.43. The van der Waals surface area contributed by atoms with Gasteiger partial charge >= 0.3 is 0 Å². The Hall–Kier alpha value is -0.390. The summed E-state index contributed by atoms with van der Waals surface area (Å²) in [6, 6.07) is -0.832. The molecule has 0 aliphatic carbocycles. The number of hydrogen-bond acceptors (Lipinski definition) is 2. The first-order valence-corrected chi connectivity index (χ1v) is 4.51. The third kappa shape index (κ3) is 4.77. The topological polar surface area (TPSA) is 41.1 Å². The molecule has 1 atom stereocenters. The van der Waals surface area contributed by atoms with Crippen LogP contribution >= 0.6 is 24.0 Å². The molecule has 1 saturated heterocycles. The fourth-order valence-corrected chi connectivity index (χ4v) is 1.27. The van der Waals surface area contributed by atoms with E-state index in [1.165, 1.54) is 0 Å². The first kappa shape index (κ1) is 14.6. The van der Waals surface area contributed by atoms with E-state index in [4.69, 9.17) is 11.6 Å². The van der Waals surface area contributed by atoms with Crippen LogP contribution in [0.3, 0.4) is 0 Å². The van der Waals surface area contributed by atoms with Crippen molar-refractivity contribution in [1.29, 1.82) is 0 Å². The third-order valence-electron chi connectivity index (χ3n) is 1.88. The predicted octanol–water partition coefficient (Wildman–Crippen LogP) is 1.27. The average Bonchev–Trinajstić information content (AvgIpc) is 2.41. The fraction of sp³-hybridized carbons (Fsp3) is 0.625. The van der Waals surface area contributed by atoms with Crippen LogP contribution in [-0.2, 0) is 4.79 Å². The second-order valence-corrected chi connectivity index (χ2v) is 3.76. The number of carbonyl (C=O) groups excluding carboxylic acids is 1. The lowest BCUT2D eigenvalue weighted by molar-refractivity contribution is -0.123. The van der Waals surface area contributed by atoms with E-state index in [2.05, 4.69) is 17.2 Å². The third-order valence-corrected chi connectivity index (χ3v) is 2.01. The highest BCUT2D eigenvalue weighted by Gasteiger charge is 2.42. The van der Waals surface area contributed by atoms with Gasteiger partial charge in [0.1, 0.15) is 0 Å².